The number of para-hydroxylation sites is 1. The van der Waals surface area contributed by atoms with Crippen molar-refractivity contribution in [3.8, 4) is 33.8 Å². The van der Waals surface area contributed by atoms with E-state index >= 15 is 0 Å². The van der Waals surface area contributed by atoms with Crippen LogP contribution < -0.4 is 0 Å². The molecule has 8 aromatic rings. The van der Waals surface area contributed by atoms with Crippen LogP contribution in [-0.4, -0.2) is 19.5 Å². The third-order valence-electron chi connectivity index (χ3n) is 7.94. The molecule has 50 heavy (non-hydrogen) atoms. The van der Waals surface area contributed by atoms with E-state index in [0.29, 0.717) is 5.92 Å². The minimum Gasteiger partial charge on any atom is -0.380 e. The fourth-order valence-corrected chi connectivity index (χ4v) is 5.71. The first kappa shape index (κ1) is 36.1. The molecule has 0 N–H and O–H groups in total. The van der Waals surface area contributed by atoms with Crippen LogP contribution in [0.4, 0.5) is 0 Å². The molecule has 0 bridgehead atoms. The number of rotatable bonds is 5. The summed E-state index contributed by atoms with van der Waals surface area (Å²) < 4.78 is 2.41. The summed E-state index contributed by atoms with van der Waals surface area (Å²) in [5.41, 5.74) is 10.7. The van der Waals surface area contributed by atoms with Gasteiger partial charge in [0.2, 0.25) is 0 Å². The zero-order valence-corrected chi connectivity index (χ0v) is 31.2. The minimum atomic E-state index is 0. The summed E-state index contributed by atoms with van der Waals surface area (Å²) in [5.74, 6) is 0.601. The molecule has 0 radical (unpaired) electrons. The Morgan fingerprint density at radius 1 is 0.560 bits per heavy atom. The van der Waals surface area contributed by atoms with Crippen LogP contribution in [-0.2, 0) is 26.7 Å². The van der Waals surface area contributed by atoms with Crippen LogP contribution in [0.3, 0.4) is 0 Å². The molecule has 4 nitrogen and oxygen atoms in total. The normalized spacial score (nSPS) is 10.5. The fraction of sp³-hybridized carbons (Fsp3) is 0.133. The van der Waals surface area contributed by atoms with E-state index in [1.807, 2.05) is 123 Å². The van der Waals surface area contributed by atoms with E-state index in [4.69, 9.17) is 0 Å². The van der Waals surface area contributed by atoms with Crippen molar-refractivity contribution in [3.05, 3.63) is 175 Å². The molecular weight excluding hydrogens is 789 g/mol. The summed E-state index contributed by atoms with van der Waals surface area (Å²) in [4.78, 5) is 13.3. The predicted octanol–water partition coefficient (Wildman–Crippen LogP) is 11.0. The second-order valence-electron chi connectivity index (χ2n) is 12.3. The fourth-order valence-electron chi connectivity index (χ4n) is 5.71. The Hall–Kier alpha value is -5.22. The quantitative estimate of drug-likeness (QED) is 0.162. The van der Waals surface area contributed by atoms with Gasteiger partial charge in [-0.2, -0.15) is 0 Å². The predicted molar refractivity (Wildman–Crippen MR) is 203 cm³/mol. The first-order valence-corrected chi connectivity index (χ1v) is 16.6. The molecule has 0 saturated heterocycles. The maximum Gasteiger partial charge on any atom is 3.00 e. The van der Waals surface area contributed by atoms with E-state index in [1.165, 1.54) is 21.8 Å². The maximum atomic E-state index is 4.45. The molecule has 0 unspecified atom stereocenters. The monoisotopic (exact) mass is 828 g/mol. The maximum absolute atomic E-state index is 4.45. The van der Waals surface area contributed by atoms with Crippen LogP contribution >= 0.6 is 0 Å². The van der Waals surface area contributed by atoms with Gasteiger partial charge in [0.05, 0.1) is 0 Å². The van der Waals surface area contributed by atoms with Gasteiger partial charge < -0.3 is 19.5 Å². The molecule has 4 heterocycles. The zero-order chi connectivity index (χ0) is 34.0. The molecular formula is C45H39IrN4. The number of aromatic nitrogens is 4. The van der Waals surface area contributed by atoms with E-state index in [2.05, 4.69) is 88.0 Å². The topological polar surface area (TPSA) is 43.6 Å². The second kappa shape index (κ2) is 17.4. The molecule has 0 aliphatic carbocycles. The molecule has 0 fully saturated rings. The van der Waals surface area contributed by atoms with Crippen LogP contribution in [0.2, 0.25) is 0 Å². The number of nitrogens with zero attached hydrogens (tertiary/aromatic N) is 4. The number of aryl methyl sites for hydroxylation is 2. The molecule has 0 amide bonds. The summed E-state index contributed by atoms with van der Waals surface area (Å²) in [6, 6.07) is 56.4. The standard InChI is InChI=1S/C21H19N2.2C12H10N.Ir/c1-15(2)14-23-20-9-4-3-7-17(20)18-13-16(10-11-21(18)23)19-8-5-6-12-22-19;2*1-10-6-5-9-12(13-10)11-7-3-2-4-8-11;/h3-9,11-13,15H,14H2,1-2H3;2*2-7,9H,1H3;/q3*-1;+3. The molecule has 248 valence electrons. The largest absolute Gasteiger partial charge is 3.00 e. The Kier molecular flexibility index (Phi) is 12.6. The third kappa shape index (κ3) is 9.06. The van der Waals surface area contributed by atoms with Crippen molar-refractivity contribution in [1.29, 1.82) is 0 Å². The molecule has 0 spiro atoms. The summed E-state index contributed by atoms with van der Waals surface area (Å²) in [6.45, 7) is 9.51. The van der Waals surface area contributed by atoms with Gasteiger partial charge >= 0.3 is 20.1 Å². The van der Waals surface area contributed by atoms with Crippen molar-refractivity contribution in [2.75, 3.05) is 0 Å². The molecule has 8 rings (SSSR count). The molecule has 0 aliphatic heterocycles. The second-order valence-corrected chi connectivity index (χ2v) is 12.3. The van der Waals surface area contributed by atoms with Crippen molar-refractivity contribution in [2.24, 2.45) is 5.92 Å². The minimum absolute atomic E-state index is 0. The zero-order valence-electron chi connectivity index (χ0n) is 28.8. The number of fused-ring (bicyclic) bond motifs is 3. The number of hydrogen-bond donors (Lipinski definition) is 0. The van der Waals surface area contributed by atoms with E-state index in [9.17, 15) is 0 Å². The van der Waals surface area contributed by atoms with Crippen molar-refractivity contribution in [1.82, 2.24) is 19.5 Å². The Labute approximate surface area is 309 Å². The molecule has 0 saturated carbocycles. The Morgan fingerprint density at radius 3 is 1.68 bits per heavy atom. The van der Waals surface area contributed by atoms with Crippen LogP contribution in [0.1, 0.15) is 25.2 Å². The molecule has 4 aromatic carbocycles. The van der Waals surface area contributed by atoms with Crippen LogP contribution in [0.25, 0.3) is 55.6 Å². The SMILES string of the molecule is CC(C)Cn1c2c[c-]c(-c3ccccn3)cc2c2ccccc21.Cc1cccc(-c2[c-]cccc2)n1.Cc1cccc(-c2[c-]cccc2)n1.[Ir+3]. The van der Waals surface area contributed by atoms with Gasteiger partial charge in [0.15, 0.2) is 0 Å². The van der Waals surface area contributed by atoms with Crippen LogP contribution in [0, 0.1) is 38.0 Å². The summed E-state index contributed by atoms with van der Waals surface area (Å²) in [5, 5.41) is 2.58. The average Bonchev–Trinajstić information content (AvgIpc) is 3.45. The van der Waals surface area contributed by atoms with Gasteiger partial charge in [-0.25, -0.2) is 0 Å². The van der Waals surface area contributed by atoms with Crippen molar-refractivity contribution < 1.29 is 20.1 Å². The van der Waals surface area contributed by atoms with Gasteiger partial charge in [-0.3, -0.25) is 0 Å². The molecule has 4 aromatic heterocycles. The Bertz CT molecular complexity index is 2160. The number of pyridine rings is 3. The molecule has 5 heteroatoms. The van der Waals surface area contributed by atoms with Crippen molar-refractivity contribution >= 4 is 21.8 Å². The van der Waals surface area contributed by atoms with Crippen molar-refractivity contribution in [2.45, 2.75) is 34.2 Å². The number of benzene rings is 4. The van der Waals surface area contributed by atoms with Gasteiger partial charge in [-0.15, -0.1) is 95.6 Å². The van der Waals surface area contributed by atoms with Crippen LogP contribution in [0.15, 0.2) is 146 Å². The van der Waals surface area contributed by atoms with Crippen LogP contribution in [0.5, 0.6) is 0 Å². The summed E-state index contributed by atoms with van der Waals surface area (Å²) in [6.07, 6.45) is 1.83. The average molecular weight is 828 g/mol. The van der Waals surface area contributed by atoms with E-state index in [-0.39, 0.29) is 20.1 Å². The van der Waals surface area contributed by atoms with Gasteiger partial charge in [-0.1, -0.05) is 73.8 Å². The Balaban J connectivity index is 0.000000155. The van der Waals surface area contributed by atoms with Gasteiger partial charge in [0.25, 0.3) is 0 Å². The van der Waals surface area contributed by atoms with E-state index in [1.54, 1.807) is 0 Å². The van der Waals surface area contributed by atoms with Gasteiger partial charge in [0, 0.05) is 29.6 Å². The Morgan fingerprint density at radius 2 is 1.14 bits per heavy atom. The first-order valence-electron chi connectivity index (χ1n) is 16.6. The molecule has 0 aliphatic rings. The van der Waals surface area contributed by atoms with E-state index < -0.39 is 0 Å². The van der Waals surface area contributed by atoms with Gasteiger partial charge in [-0.05, 0) is 72.0 Å². The summed E-state index contributed by atoms with van der Waals surface area (Å²) in [7, 11) is 0. The molecule has 0 atom stereocenters. The van der Waals surface area contributed by atoms with Crippen molar-refractivity contribution in [3.63, 3.8) is 0 Å². The number of hydrogen-bond acceptors (Lipinski definition) is 3. The smallest absolute Gasteiger partial charge is 0.380 e. The first-order chi connectivity index (χ1) is 24.0. The summed E-state index contributed by atoms with van der Waals surface area (Å²) >= 11 is 0. The van der Waals surface area contributed by atoms with Gasteiger partial charge in [0.1, 0.15) is 0 Å². The van der Waals surface area contributed by atoms with E-state index in [0.717, 1.165) is 51.7 Å². The third-order valence-corrected chi connectivity index (χ3v) is 7.94.